The summed E-state index contributed by atoms with van der Waals surface area (Å²) in [5.41, 5.74) is -1.55. The van der Waals surface area contributed by atoms with E-state index < -0.39 is 17.3 Å². The average molecular weight is 216 g/mol. The summed E-state index contributed by atoms with van der Waals surface area (Å²) in [6.07, 6.45) is 1.66. The topological polar surface area (TPSA) is 60.7 Å². The fourth-order valence-electron chi connectivity index (χ4n) is 2.44. The van der Waals surface area contributed by atoms with Crippen LogP contribution in [0, 0.1) is 11.8 Å². The van der Waals surface area contributed by atoms with E-state index in [0.29, 0.717) is 12.8 Å². The van der Waals surface area contributed by atoms with Crippen molar-refractivity contribution < 1.29 is 15.3 Å². The fraction of sp³-hybridized carbons (Fsp3) is 1.00. The SMILES string of the molecule is CC(C)(O)[C@@H]1CC(O)C[C@H](C(C)(C)O)C1. The highest BCUT2D eigenvalue weighted by Crippen LogP contribution is 2.40. The Morgan fingerprint density at radius 1 is 0.800 bits per heavy atom. The second kappa shape index (κ2) is 4.04. The third-order valence-corrected chi connectivity index (χ3v) is 3.68. The lowest BCUT2D eigenvalue weighted by Gasteiger charge is -2.42. The second-order valence-electron chi connectivity index (χ2n) is 6.06. The Hall–Kier alpha value is -0.120. The lowest BCUT2D eigenvalue weighted by molar-refractivity contribution is -0.0872. The summed E-state index contributed by atoms with van der Waals surface area (Å²) >= 11 is 0. The van der Waals surface area contributed by atoms with Crippen molar-refractivity contribution in [2.24, 2.45) is 11.8 Å². The quantitative estimate of drug-likeness (QED) is 0.652. The first-order valence-corrected chi connectivity index (χ1v) is 5.73. The van der Waals surface area contributed by atoms with Crippen molar-refractivity contribution in [3.8, 4) is 0 Å². The van der Waals surface area contributed by atoms with Crippen LogP contribution in [0.15, 0.2) is 0 Å². The lowest BCUT2D eigenvalue weighted by Crippen LogP contribution is -2.45. The molecule has 0 saturated heterocycles. The van der Waals surface area contributed by atoms with E-state index in [2.05, 4.69) is 0 Å². The summed E-state index contributed by atoms with van der Waals surface area (Å²) in [7, 11) is 0. The first-order valence-electron chi connectivity index (χ1n) is 5.73. The average Bonchev–Trinajstić information content (AvgIpc) is 1.99. The van der Waals surface area contributed by atoms with Gasteiger partial charge in [-0.15, -0.1) is 0 Å². The van der Waals surface area contributed by atoms with Crippen LogP contribution in [0.5, 0.6) is 0 Å². The molecule has 1 aliphatic carbocycles. The van der Waals surface area contributed by atoms with E-state index in [1.54, 1.807) is 27.7 Å². The molecular formula is C12H24O3. The van der Waals surface area contributed by atoms with Crippen molar-refractivity contribution in [1.82, 2.24) is 0 Å². The number of hydrogen-bond donors (Lipinski definition) is 3. The molecule has 1 aliphatic rings. The van der Waals surface area contributed by atoms with E-state index in [1.165, 1.54) is 0 Å². The molecule has 3 N–H and O–H groups in total. The zero-order valence-electron chi connectivity index (χ0n) is 10.2. The molecule has 1 saturated carbocycles. The molecule has 3 heteroatoms. The maximum atomic E-state index is 9.95. The summed E-state index contributed by atoms with van der Waals surface area (Å²) in [4.78, 5) is 0. The minimum atomic E-state index is -0.773. The smallest absolute Gasteiger partial charge is 0.0620 e. The van der Waals surface area contributed by atoms with Crippen LogP contribution in [0.3, 0.4) is 0 Å². The highest BCUT2D eigenvalue weighted by Gasteiger charge is 2.40. The molecule has 0 aromatic heterocycles. The summed E-state index contributed by atoms with van der Waals surface area (Å²) in [6.45, 7) is 7.10. The molecule has 3 nitrogen and oxygen atoms in total. The molecule has 0 aromatic rings. The Kier molecular flexibility index (Phi) is 3.49. The van der Waals surface area contributed by atoms with Gasteiger partial charge in [-0.2, -0.15) is 0 Å². The van der Waals surface area contributed by atoms with Gasteiger partial charge in [0.15, 0.2) is 0 Å². The molecule has 0 radical (unpaired) electrons. The Morgan fingerprint density at radius 2 is 1.13 bits per heavy atom. The second-order valence-corrected chi connectivity index (χ2v) is 6.06. The van der Waals surface area contributed by atoms with Gasteiger partial charge in [0.2, 0.25) is 0 Å². The molecule has 0 spiro atoms. The minimum absolute atomic E-state index is 0.0673. The summed E-state index contributed by atoms with van der Waals surface area (Å²) in [5.74, 6) is 0.135. The molecule has 15 heavy (non-hydrogen) atoms. The minimum Gasteiger partial charge on any atom is -0.393 e. The summed E-state index contributed by atoms with van der Waals surface area (Å²) in [6, 6.07) is 0. The molecule has 0 aromatic carbocycles. The van der Waals surface area contributed by atoms with Crippen molar-refractivity contribution in [2.45, 2.75) is 64.3 Å². The maximum absolute atomic E-state index is 9.95. The van der Waals surface area contributed by atoms with Gasteiger partial charge in [0.05, 0.1) is 17.3 Å². The Balaban J connectivity index is 2.73. The van der Waals surface area contributed by atoms with Gasteiger partial charge in [-0.05, 0) is 58.8 Å². The third-order valence-electron chi connectivity index (χ3n) is 3.68. The largest absolute Gasteiger partial charge is 0.393 e. The Bertz CT molecular complexity index is 190. The molecule has 3 atom stereocenters. The molecule has 1 fully saturated rings. The maximum Gasteiger partial charge on any atom is 0.0620 e. The van der Waals surface area contributed by atoms with E-state index in [1.807, 2.05) is 0 Å². The van der Waals surface area contributed by atoms with Crippen molar-refractivity contribution in [2.75, 3.05) is 0 Å². The molecule has 90 valence electrons. The van der Waals surface area contributed by atoms with Gasteiger partial charge in [-0.3, -0.25) is 0 Å². The Morgan fingerprint density at radius 3 is 1.40 bits per heavy atom. The van der Waals surface area contributed by atoms with Gasteiger partial charge in [0, 0.05) is 0 Å². The standard InChI is InChI=1S/C12H24O3/c1-11(2,14)8-5-9(12(3,4)15)7-10(13)6-8/h8-10,13-15H,5-7H2,1-4H3/t8-,9+,10?. The van der Waals surface area contributed by atoms with E-state index in [9.17, 15) is 15.3 Å². The normalized spacial score (nSPS) is 34.2. The van der Waals surface area contributed by atoms with Crippen LogP contribution in [0.4, 0.5) is 0 Å². The molecule has 0 heterocycles. The number of rotatable bonds is 2. The van der Waals surface area contributed by atoms with E-state index in [-0.39, 0.29) is 11.8 Å². The molecule has 0 aliphatic heterocycles. The van der Waals surface area contributed by atoms with E-state index >= 15 is 0 Å². The van der Waals surface area contributed by atoms with Crippen LogP contribution in [0.2, 0.25) is 0 Å². The predicted molar refractivity (Wildman–Crippen MR) is 59.4 cm³/mol. The molecule has 0 bridgehead atoms. The first kappa shape index (κ1) is 12.9. The van der Waals surface area contributed by atoms with Crippen LogP contribution in [-0.4, -0.2) is 32.6 Å². The van der Waals surface area contributed by atoms with Gasteiger partial charge in [-0.25, -0.2) is 0 Å². The van der Waals surface area contributed by atoms with Crippen LogP contribution < -0.4 is 0 Å². The molecule has 1 rings (SSSR count). The number of aliphatic hydroxyl groups is 3. The van der Waals surface area contributed by atoms with E-state index in [4.69, 9.17) is 0 Å². The number of aliphatic hydroxyl groups excluding tert-OH is 1. The van der Waals surface area contributed by atoms with Gasteiger partial charge in [0.25, 0.3) is 0 Å². The van der Waals surface area contributed by atoms with Crippen molar-refractivity contribution >= 4 is 0 Å². The van der Waals surface area contributed by atoms with Gasteiger partial charge < -0.3 is 15.3 Å². The predicted octanol–water partition coefficient (Wildman–Crippen LogP) is 1.31. The third kappa shape index (κ3) is 3.44. The van der Waals surface area contributed by atoms with Crippen LogP contribution in [0.25, 0.3) is 0 Å². The van der Waals surface area contributed by atoms with Crippen LogP contribution >= 0.6 is 0 Å². The van der Waals surface area contributed by atoms with Gasteiger partial charge in [-0.1, -0.05) is 0 Å². The summed E-state index contributed by atoms with van der Waals surface area (Å²) < 4.78 is 0. The van der Waals surface area contributed by atoms with Crippen LogP contribution in [0.1, 0.15) is 47.0 Å². The van der Waals surface area contributed by atoms with Gasteiger partial charge in [0.1, 0.15) is 0 Å². The lowest BCUT2D eigenvalue weighted by atomic mass is 9.68. The van der Waals surface area contributed by atoms with E-state index in [0.717, 1.165) is 6.42 Å². The first-order chi connectivity index (χ1) is 6.60. The highest BCUT2D eigenvalue weighted by atomic mass is 16.3. The van der Waals surface area contributed by atoms with Crippen molar-refractivity contribution in [1.29, 1.82) is 0 Å². The zero-order chi connectivity index (χ0) is 11.9. The highest BCUT2D eigenvalue weighted by molar-refractivity contribution is 4.92. The van der Waals surface area contributed by atoms with Crippen molar-refractivity contribution in [3.05, 3.63) is 0 Å². The summed E-state index contributed by atoms with van der Waals surface area (Å²) in [5, 5.41) is 29.7. The zero-order valence-corrected chi connectivity index (χ0v) is 10.2. The Labute approximate surface area is 92.1 Å². The fourth-order valence-corrected chi connectivity index (χ4v) is 2.44. The molecule has 0 amide bonds. The number of hydrogen-bond acceptors (Lipinski definition) is 3. The molecular weight excluding hydrogens is 192 g/mol. The molecule has 1 unspecified atom stereocenters. The monoisotopic (exact) mass is 216 g/mol. The van der Waals surface area contributed by atoms with Crippen LogP contribution in [-0.2, 0) is 0 Å². The van der Waals surface area contributed by atoms with Crippen molar-refractivity contribution in [3.63, 3.8) is 0 Å². The van der Waals surface area contributed by atoms with Gasteiger partial charge >= 0.3 is 0 Å².